The molecular weight excluding hydrogens is 288 g/mol. The zero-order valence-corrected chi connectivity index (χ0v) is 12.4. The van der Waals surface area contributed by atoms with E-state index in [1.165, 1.54) is 4.90 Å². The van der Waals surface area contributed by atoms with Crippen LogP contribution < -0.4 is 5.73 Å². The maximum Gasteiger partial charge on any atom is 0.410 e. The van der Waals surface area contributed by atoms with Gasteiger partial charge in [0, 0.05) is 13.0 Å². The summed E-state index contributed by atoms with van der Waals surface area (Å²) in [5, 5.41) is 0.0840. The van der Waals surface area contributed by atoms with Crippen LogP contribution in [0.25, 0.3) is 0 Å². The number of amides is 1. The Hall–Kier alpha value is -1.44. The number of hydrogen-bond donors (Lipinski definition) is 1. The number of carbonyl (C=O) groups excluding carboxylic acids is 1. The number of anilines is 1. The number of alkyl halides is 2. The van der Waals surface area contributed by atoms with Crippen LogP contribution in [0.3, 0.4) is 0 Å². The highest BCUT2D eigenvalue weighted by Gasteiger charge is 2.41. The summed E-state index contributed by atoms with van der Waals surface area (Å²) in [6, 6.07) is 0. The van der Waals surface area contributed by atoms with Crippen LogP contribution >= 0.6 is 11.3 Å². The van der Waals surface area contributed by atoms with E-state index in [1.54, 1.807) is 20.8 Å². The second-order valence-corrected chi connectivity index (χ2v) is 6.80. The molecule has 0 unspecified atom stereocenters. The first-order valence-electron chi connectivity index (χ1n) is 6.20. The zero-order valence-electron chi connectivity index (χ0n) is 11.6. The lowest BCUT2D eigenvalue weighted by atomic mass is 10.2. The second kappa shape index (κ2) is 4.83. The van der Waals surface area contributed by atoms with E-state index in [0.717, 1.165) is 11.3 Å². The molecule has 0 spiro atoms. The number of hydrogen-bond acceptors (Lipinski definition) is 5. The maximum atomic E-state index is 14.0. The van der Waals surface area contributed by atoms with Crippen LogP contribution in [0.1, 0.15) is 37.8 Å². The molecule has 2 heterocycles. The molecule has 20 heavy (non-hydrogen) atoms. The molecule has 0 aliphatic carbocycles. The second-order valence-electron chi connectivity index (χ2n) is 5.68. The molecule has 2 N–H and O–H groups in total. The quantitative estimate of drug-likeness (QED) is 0.800. The molecule has 0 bridgehead atoms. The first-order valence-corrected chi connectivity index (χ1v) is 7.01. The summed E-state index contributed by atoms with van der Waals surface area (Å²) >= 11 is 0.982. The number of nitrogens with two attached hydrogens (primary N) is 1. The molecule has 0 atom stereocenters. The molecule has 8 heteroatoms. The van der Waals surface area contributed by atoms with Gasteiger partial charge < -0.3 is 15.4 Å². The lowest BCUT2D eigenvalue weighted by Crippen LogP contribution is -2.36. The lowest BCUT2D eigenvalue weighted by molar-refractivity contribution is -0.0236. The van der Waals surface area contributed by atoms with Crippen molar-refractivity contribution in [2.24, 2.45) is 0 Å². The van der Waals surface area contributed by atoms with Crippen molar-refractivity contribution >= 4 is 22.6 Å². The molecule has 2 rings (SSSR count). The van der Waals surface area contributed by atoms with Crippen LogP contribution in [-0.4, -0.2) is 28.1 Å². The minimum Gasteiger partial charge on any atom is -0.444 e. The van der Waals surface area contributed by atoms with Crippen LogP contribution in [0.4, 0.5) is 18.7 Å². The number of ether oxygens (including phenoxy) is 1. The van der Waals surface area contributed by atoms with E-state index in [0.29, 0.717) is 4.88 Å². The molecule has 0 aromatic carbocycles. The van der Waals surface area contributed by atoms with Gasteiger partial charge in [0.15, 0.2) is 5.13 Å². The van der Waals surface area contributed by atoms with E-state index < -0.39 is 24.0 Å². The average Bonchev–Trinajstić information content (AvgIpc) is 2.58. The van der Waals surface area contributed by atoms with E-state index in [1.807, 2.05) is 0 Å². The Morgan fingerprint density at radius 1 is 1.50 bits per heavy atom. The third-order valence-electron chi connectivity index (χ3n) is 2.74. The molecule has 0 radical (unpaired) electrons. The number of carbonyl (C=O) groups is 1. The third kappa shape index (κ3) is 3.17. The number of aromatic nitrogens is 1. The van der Waals surface area contributed by atoms with Gasteiger partial charge in [-0.25, -0.2) is 9.78 Å². The van der Waals surface area contributed by atoms with Crippen molar-refractivity contribution in [3.05, 3.63) is 10.6 Å². The Kier molecular flexibility index (Phi) is 3.62. The summed E-state index contributed by atoms with van der Waals surface area (Å²) in [6.07, 6.45) is -1.09. The molecule has 1 aliphatic rings. The summed E-state index contributed by atoms with van der Waals surface area (Å²) in [5.41, 5.74) is 4.51. The molecule has 1 aromatic heterocycles. The Bertz CT molecular complexity index is 525. The number of thiazole rings is 1. The summed E-state index contributed by atoms with van der Waals surface area (Å²) in [5.74, 6) is -3.07. The molecule has 0 saturated heterocycles. The van der Waals surface area contributed by atoms with Crippen LogP contribution in [0.2, 0.25) is 0 Å². The molecule has 112 valence electrons. The number of rotatable bonds is 0. The standard InChI is InChI=1S/C12H17F2N3O2S/c1-11(2,3)19-10(18)17-5-4-12(13,14)8-7(6-17)20-9(15)16-8/h4-6H2,1-3H3,(H2,15,16). The maximum absolute atomic E-state index is 14.0. The van der Waals surface area contributed by atoms with Crippen molar-refractivity contribution < 1.29 is 18.3 Å². The summed E-state index contributed by atoms with van der Waals surface area (Å²) in [6.45, 7) is 5.16. The van der Waals surface area contributed by atoms with Gasteiger partial charge in [-0.05, 0) is 20.8 Å². The molecule has 0 saturated carbocycles. The van der Waals surface area contributed by atoms with E-state index in [2.05, 4.69) is 4.98 Å². The van der Waals surface area contributed by atoms with Crippen LogP contribution in [-0.2, 0) is 17.2 Å². The Morgan fingerprint density at radius 2 is 2.15 bits per heavy atom. The summed E-state index contributed by atoms with van der Waals surface area (Å²) < 4.78 is 33.1. The third-order valence-corrected chi connectivity index (χ3v) is 3.61. The van der Waals surface area contributed by atoms with Crippen molar-refractivity contribution in [2.45, 2.75) is 45.3 Å². The molecule has 1 aromatic rings. The normalized spacial score (nSPS) is 18.4. The van der Waals surface area contributed by atoms with Crippen molar-refractivity contribution in [1.29, 1.82) is 0 Å². The largest absolute Gasteiger partial charge is 0.444 e. The highest BCUT2D eigenvalue weighted by Crippen LogP contribution is 2.40. The molecular formula is C12H17F2N3O2S. The molecule has 1 amide bonds. The van der Waals surface area contributed by atoms with Gasteiger partial charge in [-0.15, -0.1) is 0 Å². The van der Waals surface area contributed by atoms with E-state index in [4.69, 9.17) is 10.5 Å². The fraction of sp³-hybridized carbons (Fsp3) is 0.667. The lowest BCUT2D eigenvalue weighted by Gasteiger charge is -2.26. The predicted octanol–water partition coefficient (Wildman–Crippen LogP) is 2.96. The molecule has 0 fully saturated rings. The smallest absolute Gasteiger partial charge is 0.410 e. The predicted molar refractivity (Wildman–Crippen MR) is 71.7 cm³/mol. The van der Waals surface area contributed by atoms with Gasteiger partial charge in [0.2, 0.25) is 0 Å². The SMILES string of the molecule is CC(C)(C)OC(=O)N1CCC(F)(F)c2nc(N)sc2C1. The number of halogens is 2. The van der Waals surface area contributed by atoms with Gasteiger partial charge in [0.1, 0.15) is 11.3 Å². The molecule has 1 aliphatic heterocycles. The van der Waals surface area contributed by atoms with E-state index in [-0.39, 0.29) is 23.9 Å². The highest BCUT2D eigenvalue weighted by molar-refractivity contribution is 7.15. The van der Waals surface area contributed by atoms with Crippen LogP contribution in [0.5, 0.6) is 0 Å². The van der Waals surface area contributed by atoms with Crippen molar-refractivity contribution in [3.8, 4) is 0 Å². The minimum atomic E-state index is -3.07. The number of nitrogens with zero attached hydrogens (tertiary/aromatic N) is 2. The number of nitrogen functional groups attached to an aromatic ring is 1. The molecule has 5 nitrogen and oxygen atoms in total. The number of fused-ring (bicyclic) bond motifs is 1. The van der Waals surface area contributed by atoms with Crippen molar-refractivity contribution in [2.75, 3.05) is 12.3 Å². The van der Waals surface area contributed by atoms with Gasteiger partial charge in [0.05, 0.1) is 11.4 Å². The van der Waals surface area contributed by atoms with Crippen molar-refractivity contribution in [1.82, 2.24) is 9.88 Å². The first-order chi connectivity index (χ1) is 9.08. The zero-order chi connectivity index (χ0) is 15.1. The fourth-order valence-corrected chi connectivity index (χ4v) is 2.79. The summed E-state index contributed by atoms with van der Waals surface area (Å²) in [7, 11) is 0. The first kappa shape index (κ1) is 15.0. The monoisotopic (exact) mass is 305 g/mol. The van der Waals surface area contributed by atoms with Gasteiger partial charge in [0.25, 0.3) is 5.92 Å². The Labute approximate surface area is 119 Å². The average molecular weight is 305 g/mol. The van der Waals surface area contributed by atoms with Crippen molar-refractivity contribution in [3.63, 3.8) is 0 Å². The van der Waals surface area contributed by atoms with Crippen LogP contribution in [0.15, 0.2) is 0 Å². The van der Waals surface area contributed by atoms with Gasteiger partial charge in [-0.3, -0.25) is 0 Å². The minimum absolute atomic E-state index is 0.0503. The fourth-order valence-electron chi connectivity index (χ4n) is 1.89. The van der Waals surface area contributed by atoms with Gasteiger partial charge >= 0.3 is 6.09 Å². The van der Waals surface area contributed by atoms with E-state index in [9.17, 15) is 13.6 Å². The van der Waals surface area contributed by atoms with E-state index >= 15 is 0 Å². The van der Waals surface area contributed by atoms with Gasteiger partial charge in [-0.1, -0.05) is 11.3 Å². The Morgan fingerprint density at radius 3 is 2.75 bits per heavy atom. The Balaban J connectivity index is 2.23. The highest BCUT2D eigenvalue weighted by atomic mass is 32.1. The van der Waals surface area contributed by atoms with Crippen LogP contribution in [0, 0.1) is 0 Å². The topological polar surface area (TPSA) is 68.5 Å². The van der Waals surface area contributed by atoms with Gasteiger partial charge in [-0.2, -0.15) is 8.78 Å². The summed E-state index contributed by atoms with van der Waals surface area (Å²) in [4.78, 5) is 17.3.